The smallest absolute Gasteiger partial charge is 0.141 e. The summed E-state index contributed by atoms with van der Waals surface area (Å²) in [6.45, 7) is 2.49. The molecule has 0 atom stereocenters. The van der Waals surface area contributed by atoms with Crippen LogP contribution in [-0.2, 0) is 0 Å². The summed E-state index contributed by atoms with van der Waals surface area (Å²) < 4.78 is 1.78. The molecule has 0 radical (unpaired) electrons. The number of hydrogen-bond donors (Lipinski definition) is 1. The number of nitrogens with zero attached hydrogens (tertiary/aromatic N) is 7. The fourth-order valence-corrected chi connectivity index (χ4v) is 4.39. The molecule has 0 unspecified atom stereocenters. The molecule has 0 amide bonds. The minimum Gasteiger partial charge on any atom is -0.346 e. The maximum Gasteiger partial charge on any atom is 0.141 e. The molecule has 0 spiro atoms. The predicted octanol–water partition coefficient (Wildman–Crippen LogP) is 3.01. The van der Waals surface area contributed by atoms with Gasteiger partial charge in [0.2, 0.25) is 0 Å². The molecule has 1 aliphatic carbocycles. The van der Waals surface area contributed by atoms with Crippen molar-refractivity contribution in [3.05, 3.63) is 24.3 Å². The minimum absolute atomic E-state index is 0.418. The third kappa shape index (κ3) is 3.69. The van der Waals surface area contributed by atoms with Gasteiger partial charge in [-0.2, -0.15) is 10.5 Å². The van der Waals surface area contributed by atoms with E-state index in [1.54, 1.807) is 10.8 Å². The van der Waals surface area contributed by atoms with Gasteiger partial charge in [-0.15, -0.1) is 5.10 Å². The molecule has 8 nitrogen and oxygen atoms in total. The molecule has 4 rings (SSSR count). The second kappa shape index (κ2) is 8.37. The zero-order chi connectivity index (χ0) is 19.3. The predicted molar refractivity (Wildman–Crippen MR) is 104 cm³/mol. The van der Waals surface area contributed by atoms with Crippen molar-refractivity contribution < 1.29 is 0 Å². The van der Waals surface area contributed by atoms with E-state index in [4.69, 9.17) is 10.5 Å². The number of H-pyrrole nitrogens is 1. The van der Waals surface area contributed by atoms with E-state index < -0.39 is 0 Å². The summed E-state index contributed by atoms with van der Waals surface area (Å²) in [5, 5.41) is 27.6. The Bertz CT molecular complexity index is 994. The summed E-state index contributed by atoms with van der Waals surface area (Å²) in [4.78, 5) is 9.82. The summed E-state index contributed by atoms with van der Waals surface area (Å²) in [5.74, 6) is 1.03. The fourth-order valence-electron chi connectivity index (χ4n) is 4.39. The average Bonchev–Trinajstić information content (AvgIpc) is 3.36. The Labute approximate surface area is 163 Å². The van der Waals surface area contributed by atoms with Crippen LogP contribution in [0.15, 0.2) is 18.6 Å². The van der Waals surface area contributed by atoms with Crippen LogP contribution < -0.4 is 0 Å². The maximum absolute atomic E-state index is 8.87. The topological polar surface area (TPSA) is 110 Å². The Morgan fingerprint density at radius 3 is 2.61 bits per heavy atom. The van der Waals surface area contributed by atoms with Crippen LogP contribution in [0.5, 0.6) is 0 Å². The molecule has 0 aliphatic heterocycles. The van der Waals surface area contributed by atoms with Crippen molar-refractivity contribution in [2.24, 2.45) is 5.92 Å². The molecular formula is C20H24N8. The van der Waals surface area contributed by atoms with E-state index >= 15 is 0 Å². The van der Waals surface area contributed by atoms with Gasteiger partial charge in [-0.3, -0.25) is 0 Å². The van der Waals surface area contributed by atoms with Gasteiger partial charge >= 0.3 is 0 Å². The first-order valence-corrected chi connectivity index (χ1v) is 9.93. The lowest BCUT2D eigenvalue weighted by atomic mass is 9.80. The molecule has 1 fully saturated rings. The summed E-state index contributed by atoms with van der Waals surface area (Å²) in [6, 6.07) is 6.47. The highest BCUT2D eigenvalue weighted by Crippen LogP contribution is 2.38. The summed E-state index contributed by atoms with van der Waals surface area (Å²) in [7, 11) is 0. The van der Waals surface area contributed by atoms with Crippen molar-refractivity contribution >= 4 is 16.6 Å². The van der Waals surface area contributed by atoms with Gasteiger partial charge in [-0.1, -0.05) is 5.21 Å². The first-order chi connectivity index (χ1) is 13.8. The summed E-state index contributed by atoms with van der Waals surface area (Å²) in [6.07, 6.45) is 9.14. The van der Waals surface area contributed by atoms with Gasteiger partial charge in [-0.25, -0.2) is 9.50 Å². The molecule has 0 bridgehead atoms. The normalized spacial score (nSPS) is 19.8. The van der Waals surface area contributed by atoms with Gasteiger partial charge in [0, 0.05) is 50.0 Å². The van der Waals surface area contributed by atoms with E-state index in [1.165, 1.54) is 0 Å². The van der Waals surface area contributed by atoms with Crippen LogP contribution in [0.25, 0.3) is 16.6 Å². The number of fused-ring (bicyclic) bond motifs is 3. The third-order valence-corrected chi connectivity index (χ3v) is 5.83. The van der Waals surface area contributed by atoms with Crippen molar-refractivity contribution in [1.82, 2.24) is 29.7 Å². The number of nitrogens with one attached hydrogen (secondary N) is 1. The first-order valence-electron chi connectivity index (χ1n) is 9.93. The lowest BCUT2D eigenvalue weighted by Gasteiger charge is -2.31. The van der Waals surface area contributed by atoms with Crippen molar-refractivity contribution in [2.45, 2.75) is 44.4 Å². The van der Waals surface area contributed by atoms with E-state index in [0.29, 0.717) is 24.7 Å². The van der Waals surface area contributed by atoms with Crippen LogP contribution in [0.3, 0.4) is 0 Å². The van der Waals surface area contributed by atoms with Gasteiger partial charge < -0.3 is 9.88 Å². The molecule has 3 heterocycles. The number of hydrogen-bond acceptors (Lipinski definition) is 6. The Hall–Kier alpha value is -2.97. The molecule has 0 aromatic carbocycles. The van der Waals surface area contributed by atoms with Crippen LogP contribution in [0.2, 0.25) is 0 Å². The Kier molecular flexibility index (Phi) is 5.50. The standard InChI is InChI=1S/C20H24N8/c21-8-1-11-27(12-2-9-22)13-15-3-5-16(6-4-15)18-19-17-7-10-23-20(17)24-14-28(19)26-25-18/h7,10,14-16,23H,1-6,11-13H2. The molecule has 144 valence electrons. The van der Waals surface area contributed by atoms with Crippen LogP contribution in [0, 0.1) is 28.6 Å². The van der Waals surface area contributed by atoms with Crippen LogP contribution in [0.4, 0.5) is 0 Å². The van der Waals surface area contributed by atoms with Crippen LogP contribution in [0.1, 0.15) is 50.1 Å². The SMILES string of the molecule is N#CCCN(CCC#N)CC1CCC(c2nnn3cnc4[nH]ccc4c23)CC1. The van der Waals surface area contributed by atoms with Crippen LogP contribution >= 0.6 is 0 Å². The Morgan fingerprint density at radius 2 is 1.89 bits per heavy atom. The zero-order valence-corrected chi connectivity index (χ0v) is 15.9. The maximum atomic E-state index is 8.87. The van der Waals surface area contributed by atoms with Crippen LogP contribution in [-0.4, -0.2) is 49.3 Å². The van der Waals surface area contributed by atoms with Gasteiger partial charge in [0.05, 0.1) is 17.8 Å². The van der Waals surface area contributed by atoms with E-state index in [2.05, 4.69) is 37.3 Å². The quantitative estimate of drug-likeness (QED) is 0.679. The number of aromatic amines is 1. The second-order valence-corrected chi connectivity index (χ2v) is 7.59. The van der Waals surface area contributed by atoms with Crippen molar-refractivity contribution in [2.75, 3.05) is 19.6 Å². The van der Waals surface area contributed by atoms with Gasteiger partial charge in [0.15, 0.2) is 0 Å². The van der Waals surface area contributed by atoms with Crippen molar-refractivity contribution in [1.29, 1.82) is 10.5 Å². The number of aromatic nitrogens is 5. The Balaban J connectivity index is 1.43. The Morgan fingerprint density at radius 1 is 1.14 bits per heavy atom. The molecule has 1 aliphatic rings. The molecule has 1 saturated carbocycles. The summed E-state index contributed by atoms with van der Waals surface area (Å²) in [5.41, 5.74) is 3.02. The van der Waals surface area contributed by atoms with E-state index in [1.807, 2.05) is 12.3 Å². The van der Waals surface area contributed by atoms with Crippen molar-refractivity contribution in [3.8, 4) is 12.1 Å². The summed E-state index contributed by atoms with van der Waals surface area (Å²) >= 11 is 0. The van der Waals surface area contributed by atoms with Crippen molar-refractivity contribution in [3.63, 3.8) is 0 Å². The monoisotopic (exact) mass is 376 g/mol. The van der Waals surface area contributed by atoms with E-state index in [9.17, 15) is 0 Å². The molecule has 8 heteroatoms. The van der Waals surface area contributed by atoms with Gasteiger partial charge in [-0.05, 0) is 37.7 Å². The van der Waals surface area contributed by atoms with Gasteiger partial charge in [0.25, 0.3) is 0 Å². The average molecular weight is 376 g/mol. The minimum atomic E-state index is 0.418. The van der Waals surface area contributed by atoms with Gasteiger partial charge in [0.1, 0.15) is 17.5 Å². The molecule has 28 heavy (non-hydrogen) atoms. The lowest BCUT2D eigenvalue weighted by molar-refractivity contribution is 0.199. The molecule has 3 aromatic rings. The highest BCUT2D eigenvalue weighted by atomic mass is 15.4. The molecule has 0 saturated heterocycles. The zero-order valence-electron chi connectivity index (χ0n) is 15.9. The van der Waals surface area contributed by atoms with E-state index in [0.717, 1.165) is 67.6 Å². The largest absolute Gasteiger partial charge is 0.346 e. The second-order valence-electron chi connectivity index (χ2n) is 7.59. The number of nitriles is 2. The lowest BCUT2D eigenvalue weighted by Crippen LogP contribution is -2.33. The molecule has 3 aromatic heterocycles. The first kappa shape index (κ1) is 18.4. The highest BCUT2D eigenvalue weighted by molar-refractivity contribution is 5.92. The molecule has 1 N–H and O–H groups in total. The highest BCUT2D eigenvalue weighted by Gasteiger charge is 2.27. The third-order valence-electron chi connectivity index (χ3n) is 5.83. The number of rotatable bonds is 7. The molecular weight excluding hydrogens is 352 g/mol. The fraction of sp³-hybridized carbons (Fsp3) is 0.550. The van der Waals surface area contributed by atoms with E-state index in [-0.39, 0.29) is 0 Å².